The van der Waals surface area contributed by atoms with E-state index in [0.717, 1.165) is 23.3 Å². The van der Waals surface area contributed by atoms with Crippen molar-refractivity contribution in [1.82, 2.24) is 9.55 Å². The Morgan fingerprint density at radius 2 is 2.19 bits per heavy atom. The molecule has 104 valence electrons. The number of rotatable bonds is 1. The summed E-state index contributed by atoms with van der Waals surface area (Å²) >= 11 is 0. The van der Waals surface area contributed by atoms with Crippen molar-refractivity contribution in [3.05, 3.63) is 53.9 Å². The molecule has 1 aromatic carbocycles. The molecular formula is C16H13FN4. The van der Waals surface area contributed by atoms with E-state index >= 15 is 0 Å². The summed E-state index contributed by atoms with van der Waals surface area (Å²) in [5.41, 5.74) is 9.55. The number of allylic oxidation sites excluding steroid dienone is 4. The predicted octanol–water partition coefficient (Wildman–Crippen LogP) is 2.80. The van der Waals surface area contributed by atoms with Gasteiger partial charge >= 0.3 is 0 Å². The highest BCUT2D eigenvalue weighted by Gasteiger charge is 2.23. The lowest BCUT2D eigenvalue weighted by atomic mass is 9.90. The summed E-state index contributed by atoms with van der Waals surface area (Å²) in [6.45, 7) is 0.737. The van der Waals surface area contributed by atoms with E-state index < -0.39 is 0 Å². The first-order valence-corrected chi connectivity index (χ1v) is 6.77. The second-order valence-electron chi connectivity index (χ2n) is 5.12. The Balaban J connectivity index is 1.96. The molecule has 2 heterocycles. The van der Waals surface area contributed by atoms with E-state index in [4.69, 9.17) is 5.73 Å². The van der Waals surface area contributed by atoms with Gasteiger partial charge in [-0.05, 0) is 29.9 Å². The molecule has 1 aliphatic carbocycles. The Hall–Kier alpha value is -2.69. The number of hydrogen-bond donors (Lipinski definition) is 1. The molecule has 0 saturated heterocycles. The average molecular weight is 280 g/mol. The molecule has 1 unspecified atom stereocenters. The van der Waals surface area contributed by atoms with Crippen molar-refractivity contribution in [3.63, 3.8) is 0 Å². The minimum Gasteiger partial charge on any atom is -0.369 e. The Kier molecular flexibility index (Phi) is 2.54. The largest absolute Gasteiger partial charge is 0.369 e. The van der Waals surface area contributed by atoms with Gasteiger partial charge in [-0.15, -0.1) is 0 Å². The lowest BCUT2D eigenvalue weighted by molar-refractivity contribution is 0.629. The molecule has 1 aromatic heterocycles. The van der Waals surface area contributed by atoms with Crippen LogP contribution in [0.2, 0.25) is 0 Å². The van der Waals surface area contributed by atoms with Crippen molar-refractivity contribution in [1.29, 1.82) is 0 Å². The zero-order chi connectivity index (χ0) is 14.4. The minimum atomic E-state index is -0.313. The maximum atomic E-state index is 13.3. The predicted molar refractivity (Wildman–Crippen MR) is 82.4 cm³/mol. The number of halogens is 1. The number of nitrogens with two attached hydrogens (primary N) is 1. The Bertz CT molecular complexity index is 855. The molecule has 4 rings (SSSR count). The molecule has 5 heteroatoms. The molecule has 0 radical (unpaired) electrons. The van der Waals surface area contributed by atoms with E-state index in [2.05, 4.69) is 16.1 Å². The number of nitrogen functional groups attached to an aromatic ring is 1. The van der Waals surface area contributed by atoms with Crippen LogP contribution in [0.3, 0.4) is 0 Å². The summed E-state index contributed by atoms with van der Waals surface area (Å²) in [7, 11) is 0. The van der Waals surface area contributed by atoms with E-state index in [9.17, 15) is 4.39 Å². The zero-order valence-electron chi connectivity index (χ0n) is 11.2. The summed E-state index contributed by atoms with van der Waals surface area (Å²) in [6.07, 6.45) is 9.95. The van der Waals surface area contributed by atoms with Gasteiger partial charge in [0.05, 0.1) is 16.7 Å². The van der Waals surface area contributed by atoms with Gasteiger partial charge in [-0.25, -0.2) is 9.37 Å². The number of anilines is 1. The van der Waals surface area contributed by atoms with Crippen LogP contribution in [0, 0.1) is 11.7 Å². The molecule has 0 amide bonds. The third-order valence-corrected chi connectivity index (χ3v) is 3.84. The highest BCUT2D eigenvalue weighted by Crippen LogP contribution is 2.34. The quantitative estimate of drug-likeness (QED) is 0.873. The zero-order valence-corrected chi connectivity index (χ0v) is 11.2. The molecule has 21 heavy (non-hydrogen) atoms. The first-order valence-electron chi connectivity index (χ1n) is 6.77. The van der Waals surface area contributed by atoms with Crippen LogP contribution < -0.4 is 5.73 Å². The lowest BCUT2D eigenvalue weighted by Gasteiger charge is -2.24. The van der Waals surface area contributed by atoms with Gasteiger partial charge in [0.15, 0.2) is 0 Å². The number of imidazole rings is 1. The van der Waals surface area contributed by atoms with Crippen molar-refractivity contribution in [2.45, 2.75) is 0 Å². The number of benzene rings is 1. The second-order valence-corrected chi connectivity index (χ2v) is 5.12. The van der Waals surface area contributed by atoms with Crippen LogP contribution in [-0.2, 0) is 0 Å². The van der Waals surface area contributed by atoms with Crippen molar-refractivity contribution in [2.24, 2.45) is 10.9 Å². The molecule has 1 aliphatic heterocycles. The first-order chi connectivity index (χ1) is 10.2. The topological polar surface area (TPSA) is 56.2 Å². The fraction of sp³-hybridized carbons (Fsp3) is 0.125. The summed E-state index contributed by atoms with van der Waals surface area (Å²) in [4.78, 5) is 8.55. The van der Waals surface area contributed by atoms with Crippen LogP contribution in [0.5, 0.6) is 0 Å². The minimum absolute atomic E-state index is 0.257. The number of hydrogen-bond acceptors (Lipinski definition) is 3. The second kappa shape index (κ2) is 4.41. The Morgan fingerprint density at radius 3 is 3.10 bits per heavy atom. The first kappa shape index (κ1) is 12.1. The van der Waals surface area contributed by atoms with Crippen molar-refractivity contribution >= 4 is 28.9 Å². The van der Waals surface area contributed by atoms with Crippen LogP contribution in [0.15, 0.2) is 53.1 Å². The summed E-state index contributed by atoms with van der Waals surface area (Å²) in [5, 5.41) is 0. The van der Waals surface area contributed by atoms with Crippen LogP contribution in [0.4, 0.5) is 10.3 Å². The van der Waals surface area contributed by atoms with Gasteiger partial charge in [0.1, 0.15) is 5.82 Å². The highest BCUT2D eigenvalue weighted by molar-refractivity contribution is 5.90. The van der Waals surface area contributed by atoms with Crippen LogP contribution in [0.1, 0.15) is 0 Å². The molecule has 0 spiro atoms. The number of nitrogens with zero attached hydrogens (tertiary/aromatic N) is 3. The van der Waals surface area contributed by atoms with Gasteiger partial charge in [-0.3, -0.25) is 9.56 Å². The molecule has 0 fully saturated rings. The van der Waals surface area contributed by atoms with Gasteiger partial charge in [-0.1, -0.05) is 12.2 Å². The SMILES string of the molecule is Nc1nc2cc(F)ccc2n1C1=CC=CC2CN=CC=C12. The summed E-state index contributed by atoms with van der Waals surface area (Å²) in [6, 6.07) is 4.53. The van der Waals surface area contributed by atoms with Gasteiger partial charge in [0.2, 0.25) is 5.95 Å². The smallest absolute Gasteiger partial charge is 0.205 e. The Labute approximate surface area is 120 Å². The average Bonchev–Trinajstić information content (AvgIpc) is 2.81. The molecule has 2 aromatic rings. The van der Waals surface area contributed by atoms with E-state index in [1.54, 1.807) is 6.07 Å². The van der Waals surface area contributed by atoms with Gasteiger partial charge < -0.3 is 5.73 Å². The summed E-state index contributed by atoms with van der Waals surface area (Å²) < 4.78 is 15.2. The maximum Gasteiger partial charge on any atom is 0.205 e. The number of aromatic nitrogens is 2. The fourth-order valence-corrected chi connectivity index (χ4v) is 2.88. The molecule has 2 N–H and O–H groups in total. The van der Waals surface area contributed by atoms with E-state index in [1.807, 2.05) is 29.0 Å². The van der Waals surface area contributed by atoms with Crippen molar-refractivity contribution in [2.75, 3.05) is 12.3 Å². The highest BCUT2D eigenvalue weighted by atomic mass is 19.1. The van der Waals surface area contributed by atoms with Crippen LogP contribution in [0.25, 0.3) is 16.7 Å². The van der Waals surface area contributed by atoms with Gasteiger partial charge in [0.25, 0.3) is 0 Å². The maximum absolute atomic E-state index is 13.3. The normalized spacial score (nSPS) is 20.3. The molecule has 0 saturated carbocycles. The van der Waals surface area contributed by atoms with Crippen LogP contribution in [-0.4, -0.2) is 22.3 Å². The molecule has 0 bridgehead atoms. The molecule has 4 nitrogen and oxygen atoms in total. The van der Waals surface area contributed by atoms with Crippen LogP contribution >= 0.6 is 0 Å². The third-order valence-electron chi connectivity index (χ3n) is 3.84. The Morgan fingerprint density at radius 1 is 1.29 bits per heavy atom. The monoisotopic (exact) mass is 280 g/mol. The molecule has 1 atom stereocenters. The summed E-state index contributed by atoms with van der Waals surface area (Å²) in [5.74, 6) is 0.304. The van der Waals surface area contributed by atoms with E-state index in [0.29, 0.717) is 11.5 Å². The third kappa shape index (κ3) is 1.81. The standard InChI is InChI=1S/C16H13FN4/c17-11-4-5-15-13(8-11)20-16(18)21(15)14-3-1-2-10-9-19-7-6-12(10)14/h1-8,10H,9H2,(H2,18,20). The fourth-order valence-electron chi connectivity index (χ4n) is 2.88. The van der Waals surface area contributed by atoms with Gasteiger partial charge in [0, 0.05) is 24.7 Å². The number of dihydropyridines is 1. The van der Waals surface area contributed by atoms with E-state index in [1.165, 1.54) is 12.1 Å². The van der Waals surface area contributed by atoms with Crippen molar-refractivity contribution < 1.29 is 4.39 Å². The molecule has 2 aliphatic rings. The number of fused-ring (bicyclic) bond motifs is 2. The van der Waals surface area contributed by atoms with Crippen molar-refractivity contribution in [3.8, 4) is 0 Å². The lowest BCUT2D eigenvalue weighted by Crippen LogP contribution is -2.17. The van der Waals surface area contributed by atoms with E-state index in [-0.39, 0.29) is 11.7 Å². The molecular weight excluding hydrogens is 267 g/mol. The number of aliphatic imine (C=N–C) groups is 1. The van der Waals surface area contributed by atoms with Gasteiger partial charge in [-0.2, -0.15) is 0 Å².